The van der Waals surface area contributed by atoms with E-state index >= 15 is 0 Å². The fourth-order valence-electron chi connectivity index (χ4n) is 3.47. The van der Waals surface area contributed by atoms with Crippen LogP contribution in [-0.2, 0) is 14.3 Å². The molecule has 1 aliphatic heterocycles. The molecule has 1 saturated heterocycles. The SMILES string of the molecule is CCC1(CC)OC1(CC)C(=O)OC1CCCCC1. The monoisotopic (exact) mass is 254 g/mol. The van der Waals surface area contributed by atoms with Crippen LogP contribution < -0.4 is 0 Å². The van der Waals surface area contributed by atoms with Gasteiger partial charge in [-0.3, -0.25) is 0 Å². The van der Waals surface area contributed by atoms with Crippen LogP contribution in [0.15, 0.2) is 0 Å². The summed E-state index contributed by atoms with van der Waals surface area (Å²) in [7, 11) is 0. The molecule has 1 atom stereocenters. The first-order valence-electron chi connectivity index (χ1n) is 7.55. The second kappa shape index (κ2) is 5.20. The third-order valence-electron chi connectivity index (χ3n) is 4.86. The van der Waals surface area contributed by atoms with Crippen molar-refractivity contribution in [1.29, 1.82) is 0 Å². The Hall–Kier alpha value is -0.570. The van der Waals surface area contributed by atoms with E-state index in [9.17, 15) is 4.79 Å². The Labute approximate surface area is 110 Å². The largest absolute Gasteiger partial charge is 0.460 e. The van der Waals surface area contributed by atoms with E-state index in [2.05, 4.69) is 13.8 Å². The molecule has 2 aliphatic rings. The van der Waals surface area contributed by atoms with Gasteiger partial charge in [0.15, 0.2) is 5.60 Å². The standard InChI is InChI=1S/C15H26O3/c1-4-14(5-2)15(6-3,18-14)13(16)17-12-10-8-7-9-11-12/h12H,4-11H2,1-3H3. The molecule has 3 heteroatoms. The highest BCUT2D eigenvalue weighted by molar-refractivity contribution is 5.85. The molecular formula is C15H26O3. The number of rotatable bonds is 5. The molecule has 1 saturated carbocycles. The third-order valence-corrected chi connectivity index (χ3v) is 4.86. The smallest absolute Gasteiger partial charge is 0.341 e. The van der Waals surface area contributed by atoms with Gasteiger partial charge in [-0.15, -0.1) is 0 Å². The van der Waals surface area contributed by atoms with Crippen molar-refractivity contribution in [2.24, 2.45) is 0 Å². The maximum absolute atomic E-state index is 12.4. The van der Waals surface area contributed by atoms with Crippen LogP contribution in [0.5, 0.6) is 0 Å². The molecule has 3 nitrogen and oxygen atoms in total. The summed E-state index contributed by atoms with van der Waals surface area (Å²) in [5.74, 6) is -0.111. The van der Waals surface area contributed by atoms with Gasteiger partial charge in [0.05, 0.1) is 0 Å². The van der Waals surface area contributed by atoms with Gasteiger partial charge < -0.3 is 9.47 Å². The van der Waals surface area contributed by atoms with Crippen LogP contribution in [0.3, 0.4) is 0 Å². The van der Waals surface area contributed by atoms with Crippen LogP contribution in [-0.4, -0.2) is 23.3 Å². The second-order valence-electron chi connectivity index (χ2n) is 5.65. The van der Waals surface area contributed by atoms with Gasteiger partial charge in [-0.2, -0.15) is 0 Å². The summed E-state index contributed by atoms with van der Waals surface area (Å²) >= 11 is 0. The predicted molar refractivity (Wildman–Crippen MR) is 70.4 cm³/mol. The minimum absolute atomic E-state index is 0.111. The average Bonchev–Trinajstić information content (AvgIpc) is 3.10. The Morgan fingerprint density at radius 1 is 1.11 bits per heavy atom. The minimum Gasteiger partial charge on any atom is -0.460 e. The molecule has 0 radical (unpaired) electrons. The molecule has 1 aliphatic carbocycles. The maximum Gasteiger partial charge on any atom is 0.341 e. The number of carbonyl (C=O) groups excluding carboxylic acids is 1. The summed E-state index contributed by atoms with van der Waals surface area (Å²) in [6, 6.07) is 0. The van der Waals surface area contributed by atoms with E-state index in [0.29, 0.717) is 0 Å². The molecule has 18 heavy (non-hydrogen) atoms. The van der Waals surface area contributed by atoms with E-state index in [1.54, 1.807) is 0 Å². The summed E-state index contributed by atoms with van der Waals surface area (Å²) in [4.78, 5) is 12.4. The Balaban J connectivity index is 1.99. The zero-order valence-corrected chi connectivity index (χ0v) is 12.0. The van der Waals surface area contributed by atoms with Crippen molar-refractivity contribution < 1.29 is 14.3 Å². The van der Waals surface area contributed by atoms with E-state index < -0.39 is 5.60 Å². The van der Waals surface area contributed by atoms with Crippen LogP contribution in [0.25, 0.3) is 0 Å². The van der Waals surface area contributed by atoms with Crippen LogP contribution in [0.4, 0.5) is 0 Å². The highest BCUT2D eigenvalue weighted by atomic mass is 16.7. The molecule has 0 spiro atoms. The van der Waals surface area contributed by atoms with Gasteiger partial charge in [0.2, 0.25) is 0 Å². The van der Waals surface area contributed by atoms with Crippen LogP contribution >= 0.6 is 0 Å². The summed E-state index contributed by atoms with van der Waals surface area (Å²) in [5, 5.41) is 0. The molecule has 2 rings (SSSR count). The number of ether oxygens (including phenoxy) is 2. The second-order valence-corrected chi connectivity index (χ2v) is 5.65. The highest BCUT2D eigenvalue weighted by Crippen LogP contribution is 2.55. The Bertz CT molecular complexity index is 303. The molecule has 0 bridgehead atoms. The maximum atomic E-state index is 12.4. The van der Waals surface area contributed by atoms with Gasteiger partial charge in [0.25, 0.3) is 0 Å². The third kappa shape index (κ3) is 2.07. The van der Waals surface area contributed by atoms with Crippen molar-refractivity contribution in [3.8, 4) is 0 Å². The van der Waals surface area contributed by atoms with Gasteiger partial charge in [-0.25, -0.2) is 4.79 Å². The summed E-state index contributed by atoms with van der Waals surface area (Å²) in [5.41, 5.74) is -0.901. The Morgan fingerprint density at radius 2 is 1.72 bits per heavy atom. The molecule has 2 fully saturated rings. The van der Waals surface area contributed by atoms with E-state index in [1.807, 2.05) is 6.92 Å². The molecule has 1 unspecified atom stereocenters. The van der Waals surface area contributed by atoms with E-state index in [4.69, 9.17) is 9.47 Å². The normalized spacial score (nSPS) is 31.1. The fourth-order valence-corrected chi connectivity index (χ4v) is 3.47. The molecule has 0 aromatic heterocycles. The Kier molecular flexibility index (Phi) is 4.00. The van der Waals surface area contributed by atoms with Gasteiger partial charge in [-0.1, -0.05) is 27.2 Å². The summed E-state index contributed by atoms with van der Waals surface area (Å²) in [6.45, 7) is 6.21. The summed E-state index contributed by atoms with van der Waals surface area (Å²) < 4.78 is 11.6. The predicted octanol–water partition coefficient (Wildman–Crippen LogP) is 3.60. The topological polar surface area (TPSA) is 38.8 Å². The molecule has 0 aromatic rings. The van der Waals surface area contributed by atoms with E-state index in [-0.39, 0.29) is 17.7 Å². The zero-order chi connectivity index (χ0) is 13.2. The molecule has 104 valence electrons. The fraction of sp³-hybridized carbons (Fsp3) is 0.933. The molecule has 0 aromatic carbocycles. The first-order valence-corrected chi connectivity index (χ1v) is 7.55. The lowest BCUT2D eigenvalue weighted by Gasteiger charge is -2.24. The molecule has 1 heterocycles. The van der Waals surface area contributed by atoms with Gasteiger partial charge >= 0.3 is 5.97 Å². The van der Waals surface area contributed by atoms with Crippen molar-refractivity contribution in [1.82, 2.24) is 0 Å². The van der Waals surface area contributed by atoms with Crippen molar-refractivity contribution in [2.45, 2.75) is 89.4 Å². The van der Waals surface area contributed by atoms with Gasteiger partial charge in [-0.05, 0) is 44.9 Å². The van der Waals surface area contributed by atoms with Crippen LogP contribution in [0, 0.1) is 0 Å². The number of esters is 1. The molecule has 0 amide bonds. The van der Waals surface area contributed by atoms with Gasteiger partial charge in [0, 0.05) is 0 Å². The van der Waals surface area contributed by atoms with Gasteiger partial charge in [0.1, 0.15) is 11.7 Å². The highest BCUT2D eigenvalue weighted by Gasteiger charge is 2.72. The lowest BCUT2D eigenvalue weighted by molar-refractivity contribution is -0.157. The van der Waals surface area contributed by atoms with Crippen molar-refractivity contribution >= 4 is 5.97 Å². The first kappa shape index (κ1) is 13.9. The van der Waals surface area contributed by atoms with E-state index in [0.717, 1.165) is 32.1 Å². The first-order chi connectivity index (χ1) is 8.64. The van der Waals surface area contributed by atoms with E-state index in [1.165, 1.54) is 19.3 Å². The minimum atomic E-state index is -0.645. The van der Waals surface area contributed by atoms with Crippen molar-refractivity contribution in [2.75, 3.05) is 0 Å². The van der Waals surface area contributed by atoms with Crippen LogP contribution in [0.2, 0.25) is 0 Å². The molecular weight excluding hydrogens is 228 g/mol. The lowest BCUT2D eigenvalue weighted by atomic mass is 9.86. The quantitative estimate of drug-likeness (QED) is 0.556. The number of epoxide rings is 1. The molecule has 0 N–H and O–H groups in total. The number of hydrogen-bond donors (Lipinski definition) is 0. The number of hydrogen-bond acceptors (Lipinski definition) is 3. The zero-order valence-electron chi connectivity index (χ0n) is 12.0. The summed E-state index contributed by atoms with van der Waals surface area (Å²) in [6.07, 6.45) is 8.32. The van der Waals surface area contributed by atoms with Crippen molar-refractivity contribution in [3.63, 3.8) is 0 Å². The Morgan fingerprint density at radius 3 is 2.17 bits per heavy atom. The number of carbonyl (C=O) groups is 1. The van der Waals surface area contributed by atoms with Crippen molar-refractivity contribution in [3.05, 3.63) is 0 Å². The van der Waals surface area contributed by atoms with Crippen LogP contribution in [0.1, 0.15) is 72.1 Å². The lowest BCUT2D eigenvalue weighted by Crippen LogP contribution is -2.37. The average molecular weight is 254 g/mol.